The maximum absolute atomic E-state index is 6.09. The smallest absolute Gasteiger partial charge is 0.124 e. The Hall–Kier alpha value is -0.760. The SMILES string of the molecule is NC1(c2ccc(C3CCCC3)o2)CC1. The maximum atomic E-state index is 6.09. The van der Waals surface area contributed by atoms with Crippen molar-refractivity contribution in [3.63, 3.8) is 0 Å². The molecule has 0 unspecified atom stereocenters. The van der Waals surface area contributed by atoms with Crippen LogP contribution in [0.5, 0.6) is 0 Å². The number of furan rings is 1. The molecule has 0 atom stereocenters. The maximum Gasteiger partial charge on any atom is 0.124 e. The summed E-state index contributed by atoms with van der Waals surface area (Å²) >= 11 is 0. The molecule has 2 saturated carbocycles. The lowest BCUT2D eigenvalue weighted by atomic mass is 10.1. The van der Waals surface area contributed by atoms with Gasteiger partial charge in [0.05, 0.1) is 5.54 Å². The highest BCUT2D eigenvalue weighted by molar-refractivity contribution is 5.23. The van der Waals surface area contributed by atoms with E-state index in [2.05, 4.69) is 12.1 Å². The Bertz CT molecular complexity index is 332. The van der Waals surface area contributed by atoms with E-state index in [9.17, 15) is 0 Å². The average molecular weight is 191 g/mol. The van der Waals surface area contributed by atoms with Gasteiger partial charge in [-0.1, -0.05) is 12.8 Å². The molecular formula is C12H17NO. The first kappa shape index (κ1) is 8.54. The minimum Gasteiger partial charge on any atom is -0.464 e. The van der Waals surface area contributed by atoms with E-state index in [1.54, 1.807) is 0 Å². The Morgan fingerprint density at radius 2 is 1.93 bits per heavy atom. The summed E-state index contributed by atoms with van der Waals surface area (Å²) in [5, 5.41) is 0. The third-order valence-electron chi connectivity index (χ3n) is 3.66. The van der Waals surface area contributed by atoms with Crippen molar-refractivity contribution in [3.05, 3.63) is 23.7 Å². The van der Waals surface area contributed by atoms with Gasteiger partial charge in [-0.05, 0) is 37.8 Å². The number of hydrogen-bond donors (Lipinski definition) is 1. The summed E-state index contributed by atoms with van der Waals surface area (Å²) in [7, 11) is 0. The normalized spacial score (nSPS) is 25.5. The highest BCUT2D eigenvalue weighted by Gasteiger charge is 2.43. The fraction of sp³-hybridized carbons (Fsp3) is 0.667. The topological polar surface area (TPSA) is 39.2 Å². The monoisotopic (exact) mass is 191 g/mol. The van der Waals surface area contributed by atoms with Crippen LogP contribution >= 0.6 is 0 Å². The first-order valence-electron chi connectivity index (χ1n) is 5.67. The molecule has 0 aromatic carbocycles. The molecule has 76 valence electrons. The van der Waals surface area contributed by atoms with Gasteiger partial charge in [0.25, 0.3) is 0 Å². The molecule has 2 fully saturated rings. The minimum atomic E-state index is -0.100. The third-order valence-corrected chi connectivity index (χ3v) is 3.66. The Morgan fingerprint density at radius 3 is 2.57 bits per heavy atom. The molecule has 2 aliphatic carbocycles. The van der Waals surface area contributed by atoms with E-state index in [0.29, 0.717) is 5.92 Å². The molecule has 2 nitrogen and oxygen atoms in total. The van der Waals surface area contributed by atoms with Crippen molar-refractivity contribution in [3.8, 4) is 0 Å². The zero-order chi connectivity index (χ0) is 9.60. The molecule has 14 heavy (non-hydrogen) atoms. The number of hydrogen-bond acceptors (Lipinski definition) is 2. The summed E-state index contributed by atoms with van der Waals surface area (Å²) in [4.78, 5) is 0. The summed E-state index contributed by atoms with van der Waals surface area (Å²) in [6, 6.07) is 4.22. The fourth-order valence-electron chi connectivity index (χ4n) is 2.43. The average Bonchev–Trinajstić information content (AvgIpc) is 2.73. The van der Waals surface area contributed by atoms with Crippen LogP contribution in [0.1, 0.15) is 56.0 Å². The Labute approximate surface area is 84.5 Å². The third kappa shape index (κ3) is 1.29. The molecule has 0 spiro atoms. The van der Waals surface area contributed by atoms with Crippen molar-refractivity contribution in [1.82, 2.24) is 0 Å². The van der Waals surface area contributed by atoms with Crippen LogP contribution in [0.2, 0.25) is 0 Å². The second-order valence-electron chi connectivity index (χ2n) is 4.84. The Kier molecular flexibility index (Phi) is 1.75. The molecule has 0 radical (unpaired) electrons. The quantitative estimate of drug-likeness (QED) is 0.780. The van der Waals surface area contributed by atoms with Crippen LogP contribution in [0, 0.1) is 0 Å². The van der Waals surface area contributed by atoms with Crippen LogP contribution in [-0.2, 0) is 5.54 Å². The van der Waals surface area contributed by atoms with Crippen molar-refractivity contribution >= 4 is 0 Å². The second-order valence-corrected chi connectivity index (χ2v) is 4.84. The molecule has 0 bridgehead atoms. The molecule has 0 saturated heterocycles. The largest absolute Gasteiger partial charge is 0.464 e. The summed E-state index contributed by atoms with van der Waals surface area (Å²) < 4.78 is 5.87. The molecule has 1 heterocycles. The highest BCUT2D eigenvalue weighted by Crippen LogP contribution is 2.45. The van der Waals surface area contributed by atoms with Gasteiger partial charge in [-0.15, -0.1) is 0 Å². The Morgan fingerprint density at radius 1 is 1.21 bits per heavy atom. The van der Waals surface area contributed by atoms with Crippen molar-refractivity contribution in [2.45, 2.75) is 50.0 Å². The lowest BCUT2D eigenvalue weighted by Crippen LogP contribution is -2.17. The molecular weight excluding hydrogens is 174 g/mol. The van der Waals surface area contributed by atoms with Gasteiger partial charge in [0.2, 0.25) is 0 Å². The van der Waals surface area contributed by atoms with E-state index in [4.69, 9.17) is 10.2 Å². The van der Waals surface area contributed by atoms with Gasteiger partial charge >= 0.3 is 0 Å². The minimum absolute atomic E-state index is 0.100. The van der Waals surface area contributed by atoms with E-state index in [1.165, 1.54) is 31.4 Å². The van der Waals surface area contributed by atoms with Gasteiger partial charge in [-0.3, -0.25) is 0 Å². The number of rotatable bonds is 2. The van der Waals surface area contributed by atoms with Crippen molar-refractivity contribution in [2.24, 2.45) is 5.73 Å². The second kappa shape index (κ2) is 2.86. The molecule has 1 aromatic heterocycles. The van der Waals surface area contributed by atoms with Gasteiger partial charge in [-0.2, -0.15) is 0 Å². The van der Waals surface area contributed by atoms with Crippen LogP contribution in [0.4, 0.5) is 0 Å². The van der Waals surface area contributed by atoms with E-state index >= 15 is 0 Å². The van der Waals surface area contributed by atoms with Gasteiger partial charge in [0, 0.05) is 5.92 Å². The van der Waals surface area contributed by atoms with Gasteiger partial charge in [0.15, 0.2) is 0 Å². The number of nitrogens with two attached hydrogens (primary N) is 1. The lowest BCUT2D eigenvalue weighted by molar-refractivity contribution is 0.400. The zero-order valence-corrected chi connectivity index (χ0v) is 8.46. The highest BCUT2D eigenvalue weighted by atomic mass is 16.3. The van der Waals surface area contributed by atoms with Crippen molar-refractivity contribution in [1.29, 1.82) is 0 Å². The molecule has 0 amide bonds. The summed E-state index contributed by atoms with van der Waals surface area (Å²) in [6.45, 7) is 0. The lowest BCUT2D eigenvalue weighted by Gasteiger charge is -2.06. The van der Waals surface area contributed by atoms with Crippen LogP contribution in [0.25, 0.3) is 0 Å². The first-order chi connectivity index (χ1) is 6.78. The van der Waals surface area contributed by atoms with Crippen LogP contribution < -0.4 is 5.73 Å². The van der Waals surface area contributed by atoms with Gasteiger partial charge in [0.1, 0.15) is 11.5 Å². The van der Waals surface area contributed by atoms with E-state index < -0.39 is 0 Å². The van der Waals surface area contributed by atoms with E-state index in [1.807, 2.05) is 0 Å². The first-order valence-corrected chi connectivity index (χ1v) is 5.67. The van der Waals surface area contributed by atoms with Crippen molar-refractivity contribution < 1.29 is 4.42 Å². The molecule has 2 aliphatic rings. The van der Waals surface area contributed by atoms with E-state index in [0.717, 1.165) is 18.6 Å². The zero-order valence-electron chi connectivity index (χ0n) is 8.46. The summed E-state index contributed by atoms with van der Waals surface area (Å²) in [5.74, 6) is 2.86. The van der Waals surface area contributed by atoms with Gasteiger partial charge < -0.3 is 10.2 Å². The Balaban J connectivity index is 1.82. The van der Waals surface area contributed by atoms with Crippen LogP contribution in [0.3, 0.4) is 0 Å². The van der Waals surface area contributed by atoms with Crippen LogP contribution in [-0.4, -0.2) is 0 Å². The summed E-state index contributed by atoms with van der Waals surface area (Å²) in [5.41, 5.74) is 5.99. The predicted molar refractivity (Wildman–Crippen MR) is 55.0 cm³/mol. The van der Waals surface area contributed by atoms with Crippen molar-refractivity contribution in [2.75, 3.05) is 0 Å². The standard InChI is InChI=1S/C12H17NO/c13-12(7-8-12)11-6-5-10(14-11)9-3-1-2-4-9/h5-6,9H,1-4,7-8,13H2. The van der Waals surface area contributed by atoms with E-state index in [-0.39, 0.29) is 5.54 Å². The molecule has 1 aromatic rings. The predicted octanol–water partition coefficient (Wildman–Crippen LogP) is 2.89. The molecule has 2 N–H and O–H groups in total. The fourth-order valence-corrected chi connectivity index (χ4v) is 2.43. The van der Waals surface area contributed by atoms with Gasteiger partial charge in [-0.25, -0.2) is 0 Å². The van der Waals surface area contributed by atoms with Crippen LogP contribution in [0.15, 0.2) is 16.5 Å². The molecule has 0 aliphatic heterocycles. The summed E-state index contributed by atoms with van der Waals surface area (Å²) in [6.07, 6.45) is 7.48. The molecule has 2 heteroatoms. The molecule has 3 rings (SSSR count).